The van der Waals surface area contributed by atoms with E-state index in [9.17, 15) is 18.0 Å². The van der Waals surface area contributed by atoms with Gasteiger partial charge in [0.05, 0.1) is 17.3 Å². The van der Waals surface area contributed by atoms with Crippen molar-refractivity contribution in [2.24, 2.45) is 5.92 Å². The zero-order chi connectivity index (χ0) is 25.3. The maximum absolute atomic E-state index is 13.6. The summed E-state index contributed by atoms with van der Waals surface area (Å²) in [6.45, 7) is 1.74. The van der Waals surface area contributed by atoms with Crippen LogP contribution < -0.4 is 15.0 Å². The molecule has 5 rings (SSSR count). The highest BCUT2D eigenvalue weighted by Gasteiger charge is 2.35. The van der Waals surface area contributed by atoms with E-state index in [-0.39, 0.29) is 18.2 Å². The van der Waals surface area contributed by atoms with E-state index < -0.39 is 17.6 Å². The average Bonchev–Trinajstić information content (AvgIpc) is 3.28. The summed E-state index contributed by atoms with van der Waals surface area (Å²) in [6, 6.07) is 17.6. The van der Waals surface area contributed by atoms with Gasteiger partial charge in [-0.15, -0.1) is 0 Å². The van der Waals surface area contributed by atoms with Crippen LogP contribution in [0.4, 0.5) is 18.9 Å². The number of rotatable bonds is 6. The van der Waals surface area contributed by atoms with Gasteiger partial charge in [-0.25, -0.2) is 0 Å². The number of ether oxygens (including phenoxy) is 1. The third kappa shape index (κ3) is 5.22. The van der Waals surface area contributed by atoms with Crippen molar-refractivity contribution in [2.75, 3.05) is 24.6 Å². The predicted octanol–water partition coefficient (Wildman–Crippen LogP) is 6.16. The fourth-order valence-corrected chi connectivity index (χ4v) is 5.25. The van der Waals surface area contributed by atoms with E-state index in [2.05, 4.69) is 29.6 Å². The fourth-order valence-electron chi connectivity index (χ4n) is 5.08. The molecule has 0 aromatic heterocycles. The van der Waals surface area contributed by atoms with Crippen LogP contribution in [0.15, 0.2) is 66.7 Å². The first kappa shape index (κ1) is 24.7. The van der Waals surface area contributed by atoms with Gasteiger partial charge in [0.25, 0.3) is 5.91 Å². The van der Waals surface area contributed by atoms with Gasteiger partial charge >= 0.3 is 6.18 Å². The van der Waals surface area contributed by atoms with Crippen molar-refractivity contribution in [1.29, 1.82) is 0 Å². The highest BCUT2D eigenvalue weighted by Crippen LogP contribution is 2.38. The molecule has 0 spiro atoms. The number of hydrogen-bond acceptors (Lipinski definition) is 3. The quantitative estimate of drug-likeness (QED) is 0.400. The van der Waals surface area contributed by atoms with E-state index in [4.69, 9.17) is 16.3 Å². The Bertz CT molecular complexity index is 1240. The van der Waals surface area contributed by atoms with Crippen LogP contribution in [0.5, 0.6) is 5.75 Å². The predicted molar refractivity (Wildman–Crippen MR) is 134 cm³/mol. The van der Waals surface area contributed by atoms with Gasteiger partial charge in [-0.2, -0.15) is 13.2 Å². The number of carbonyl (C=O) groups excluding carboxylic acids is 1. The monoisotopic (exact) mass is 514 g/mol. The molecule has 1 aliphatic heterocycles. The van der Waals surface area contributed by atoms with Crippen molar-refractivity contribution in [3.63, 3.8) is 0 Å². The van der Waals surface area contributed by atoms with E-state index in [0.29, 0.717) is 35.3 Å². The van der Waals surface area contributed by atoms with E-state index in [1.54, 1.807) is 18.2 Å². The minimum absolute atomic E-state index is 0.0284. The van der Waals surface area contributed by atoms with Crippen LogP contribution in [0.2, 0.25) is 5.02 Å². The smallest absolute Gasteiger partial charge is 0.416 e. The molecular formula is C28H26ClF3N2O2. The molecule has 1 heterocycles. The molecule has 0 fully saturated rings. The van der Waals surface area contributed by atoms with Crippen LogP contribution in [0.1, 0.15) is 33.5 Å². The first-order valence-corrected chi connectivity index (χ1v) is 12.4. The Morgan fingerprint density at radius 1 is 1.03 bits per heavy atom. The Kier molecular flexibility index (Phi) is 6.95. The number of halogens is 4. The van der Waals surface area contributed by atoms with Gasteiger partial charge in [-0.1, -0.05) is 41.9 Å². The second-order valence-corrected chi connectivity index (χ2v) is 9.80. The summed E-state index contributed by atoms with van der Waals surface area (Å²) in [5, 5.41) is 3.92. The molecule has 1 amide bonds. The number of amides is 1. The highest BCUT2D eigenvalue weighted by atomic mass is 35.5. The van der Waals surface area contributed by atoms with Gasteiger partial charge in [0.1, 0.15) is 12.4 Å². The van der Waals surface area contributed by atoms with Crippen molar-refractivity contribution >= 4 is 23.2 Å². The summed E-state index contributed by atoms with van der Waals surface area (Å²) < 4.78 is 45.8. The summed E-state index contributed by atoms with van der Waals surface area (Å²) in [4.78, 5) is 15.1. The Labute approximate surface area is 213 Å². The lowest BCUT2D eigenvalue weighted by Gasteiger charge is -2.37. The number of carbonyl (C=O) groups is 1. The maximum atomic E-state index is 13.6. The van der Waals surface area contributed by atoms with Gasteiger partial charge < -0.3 is 10.1 Å². The molecule has 1 aliphatic carbocycles. The second-order valence-electron chi connectivity index (χ2n) is 9.37. The Hall–Kier alpha value is -3.03. The summed E-state index contributed by atoms with van der Waals surface area (Å²) in [5.41, 5.74) is 2.38. The van der Waals surface area contributed by atoms with Crippen molar-refractivity contribution in [3.8, 4) is 5.75 Å². The zero-order valence-corrected chi connectivity index (χ0v) is 20.3. The molecule has 1 unspecified atom stereocenters. The number of hydrogen-bond donors (Lipinski definition) is 1. The molecule has 4 nitrogen and oxygen atoms in total. The van der Waals surface area contributed by atoms with Crippen LogP contribution in [-0.2, 0) is 19.0 Å². The van der Waals surface area contributed by atoms with Crippen LogP contribution in [-0.4, -0.2) is 31.6 Å². The Morgan fingerprint density at radius 2 is 1.78 bits per heavy atom. The summed E-state index contributed by atoms with van der Waals surface area (Å²) >= 11 is 6.21. The first-order valence-electron chi connectivity index (χ1n) is 12.0. The zero-order valence-electron chi connectivity index (χ0n) is 19.5. The number of nitrogens with one attached hydrogen (secondary N) is 1. The van der Waals surface area contributed by atoms with E-state index in [1.807, 2.05) is 0 Å². The van der Waals surface area contributed by atoms with E-state index in [1.165, 1.54) is 28.2 Å². The fraction of sp³-hybridized carbons (Fsp3) is 0.321. The first-order chi connectivity index (χ1) is 17.3. The lowest BCUT2D eigenvalue weighted by atomic mass is 10.0. The molecule has 3 aromatic rings. The molecule has 0 saturated carbocycles. The number of benzene rings is 3. The third-order valence-corrected chi connectivity index (χ3v) is 7.09. The Balaban J connectivity index is 1.30. The standard InChI is InChI=1S/C28H26ClF3N2O2/c29-23-8-9-26-25(15-23)34(27(35)21-6-3-7-22(14-21)28(30,31)32)24(17-36-26)10-11-33-16-18-12-19-4-1-2-5-20(19)13-18/h1-9,14-15,18,24,33H,10-13,16-17H2. The van der Waals surface area contributed by atoms with Crippen LogP contribution in [0.3, 0.4) is 0 Å². The summed E-state index contributed by atoms with van der Waals surface area (Å²) in [5.74, 6) is 0.490. The van der Waals surface area contributed by atoms with Gasteiger partial charge in [-0.05, 0) is 85.8 Å². The summed E-state index contributed by atoms with van der Waals surface area (Å²) in [7, 11) is 0. The SMILES string of the molecule is O=C(c1cccc(C(F)(F)F)c1)N1c2cc(Cl)ccc2OCC1CCNCC1Cc2ccccc2C1. The van der Waals surface area contributed by atoms with Crippen LogP contribution in [0.25, 0.3) is 0 Å². The number of fused-ring (bicyclic) bond motifs is 2. The number of anilines is 1. The van der Waals surface area contributed by atoms with Gasteiger partial charge in [0, 0.05) is 10.6 Å². The molecule has 3 aromatic carbocycles. The molecule has 188 valence electrons. The lowest BCUT2D eigenvalue weighted by Crippen LogP contribution is -2.48. The lowest BCUT2D eigenvalue weighted by molar-refractivity contribution is -0.137. The number of nitrogens with zero attached hydrogens (tertiary/aromatic N) is 1. The molecule has 1 N–H and O–H groups in total. The molecular weight excluding hydrogens is 489 g/mol. The normalized spacial score (nSPS) is 17.4. The average molecular weight is 515 g/mol. The topological polar surface area (TPSA) is 41.6 Å². The molecule has 36 heavy (non-hydrogen) atoms. The van der Waals surface area contributed by atoms with Crippen molar-refractivity contribution < 1.29 is 22.7 Å². The Morgan fingerprint density at radius 3 is 2.50 bits per heavy atom. The van der Waals surface area contributed by atoms with Crippen LogP contribution in [0, 0.1) is 5.92 Å². The maximum Gasteiger partial charge on any atom is 0.416 e. The van der Waals surface area contributed by atoms with E-state index >= 15 is 0 Å². The molecule has 1 atom stereocenters. The molecule has 0 bridgehead atoms. The van der Waals surface area contributed by atoms with E-state index in [0.717, 1.165) is 31.5 Å². The number of alkyl halides is 3. The largest absolute Gasteiger partial charge is 0.489 e. The second kappa shape index (κ2) is 10.1. The summed E-state index contributed by atoms with van der Waals surface area (Å²) in [6.07, 6.45) is -1.87. The van der Waals surface area contributed by atoms with Gasteiger partial charge in [0.15, 0.2) is 0 Å². The molecule has 0 saturated heterocycles. The van der Waals surface area contributed by atoms with Gasteiger partial charge in [-0.3, -0.25) is 9.69 Å². The van der Waals surface area contributed by atoms with Gasteiger partial charge in [0.2, 0.25) is 0 Å². The van der Waals surface area contributed by atoms with Crippen LogP contribution >= 0.6 is 11.6 Å². The third-order valence-electron chi connectivity index (χ3n) is 6.86. The minimum atomic E-state index is -4.54. The molecule has 8 heteroatoms. The van der Waals surface area contributed by atoms with Crippen molar-refractivity contribution in [2.45, 2.75) is 31.5 Å². The minimum Gasteiger partial charge on any atom is -0.489 e. The van der Waals surface area contributed by atoms with Crippen molar-refractivity contribution in [3.05, 3.63) is 94.0 Å². The molecule has 0 radical (unpaired) electrons. The van der Waals surface area contributed by atoms with Crippen molar-refractivity contribution in [1.82, 2.24) is 5.32 Å². The molecule has 2 aliphatic rings. The highest BCUT2D eigenvalue weighted by molar-refractivity contribution is 6.31.